The van der Waals surface area contributed by atoms with Crippen LogP contribution in [0.4, 0.5) is 0 Å². The molecule has 0 aromatic heterocycles. The summed E-state index contributed by atoms with van der Waals surface area (Å²) in [6.07, 6.45) is -17.5. The van der Waals surface area contributed by atoms with Gasteiger partial charge in [0.25, 0.3) is 0 Å². The van der Waals surface area contributed by atoms with E-state index in [2.05, 4.69) is 0 Å². The highest BCUT2D eigenvalue weighted by molar-refractivity contribution is 5.90. The minimum atomic E-state index is -1.84. The van der Waals surface area contributed by atoms with Crippen LogP contribution in [0.2, 0.25) is 0 Å². The predicted octanol–water partition coefficient (Wildman–Crippen LogP) is -3.69. The number of benzene rings is 1. The van der Waals surface area contributed by atoms with Gasteiger partial charge in [0.1, 0.15) is 72.1 Å². The Bertz CT molecular complexity index is 1260. The number of aliphatic hydroxyl groups excluding tert-OH is 8. The van der Waals surface area contributed by atoms with Crippen molar-refractivity contribution in [2.75, 3.05) is 19.8 Å². The molecule has 15 atom stereocenters. The van der Waals surface area contributed by atoms with Crippen molar-refractivity contribution < 1.29 is 78.9 Å². The maximum absolute atomic E-state index is 13.5. The van der Waals surface area contributed by atoms with E-state index in [0.29, 0.717) is 0 Å². The van der Waals surface area contributed by atoms with Gasteiger partial charge in [0.15, 0.2) is 12.6 Å². The van der Waals surface area contributed by atoms with Crippen molar-refractivity contribution in [1.82, 2.24) is 0 Å². The SMILES string of the molecule is C[C@]12C[C@@H](O)[C@@H]3C[C@@]1(O[C@@H]1O[C@H](CO[C@@H]4O[C@H](CO)[C@@H](O)[C@H](O)[C@H]4O)[C@@H](O)[C@H](O)[C@H]1O)[C@]3(COC(=O)c1ccccc1)C(=O)O2. The zero-order valence-corrected chi connectivity index (χ0v) is 24.2. The highest BCUT2D eigenvalue weighted by atomic mass is 16.7. The molecule has 0 unspecified atom stereocenters. The van der Waals surface area contributed by atoms with Gasteiger partial charge in [-0.1, -0.05) is 18.2 Å². The Kier molecular flexibility index (Phi) is 8.50. The number of fused-ring (bicyclic) bond motifs is 1. The molecule has 3 aliphatic heterocycles. The van der Waals surface area contributed by atoms with Crippen molar-refractivity contribution >= 4 is 11.9 Å². The number of esters is 2. The molecule has 3 saturated heterocycles. The molecule has 16 heteroatoms. The highest BCUT2D eigenvalue weighted by Gasteiger charge is 2.88. The molecule has 3 heterocycles. The number of aliphatic hydroxyl groups is 8. The quantitative estimate of drug-likeness (QED) is 0.121. The van der Waals surface area contributed by atoms with E-state index in [1.165, 1.54) is 12.1 Å². The monoisotopic (exact) mass is 642 g/mol. The summed E-state index contributed by atoms with van der Waals surface area (Å²) in [5, 5.41) is 83.0. The van der Waals surface area contributed by atoms with Gasteiger partial charge in [-0.3, -0.25) is 4.79 Å². The lowest BCUT2D eigenvalue weighted by Crippen LogP contribution is -2.80. The molecule has 45 heavy (non-hydrogen) atoms. The van der Waals surface area contributed by atoms with Gasteiger partial charge in [-0.05, 0) is 25.5 Å². The van der Waals surface area contributed by atoms with Crippen LogP contribution in [0.15, 0.2) is 30.3 Å². The summed E-state index contributed by atoms with van der Waals surface area (Å²) in [5.41, 5.74) is -4.50. The van der Waals surface area contributed by atoms with Crippen LogP contribution >= 0.6 is 0 Å². The van der Waals surface area contributed by atoms with Gasteiger partial charge in [-0.25, -0.2) is 4.79 Å². The molecular formula is C29H38O16. The van der Waals surface area contributed by atoms with E-state index in [1.807, 2.05) is 0 Å². The van der Waals surface area contributed by atoms with Crippen LogP contribution in [0.5, 0.6) is 0 Å². The Hall–Kier alpha value is -2.32. The molecule has 1 aromatic rings. The molecule has 7 rings (SSSR count). The van der Waals surface area contributed by atoms with E-state index in [9.17, 15) is 50.4 Å². The third-order valence-corrected chi connectivity index (χ3v) is 10.2. The Morgan fingerprint density at radius 2 is 1.49 bits per heavy atom. The number of hydrogen-bond donors (Lipinski definition) is 8. The molecular weight excluding hydrogens is 604 g/mol. The molecule has 0 spiro atoms. The summed E-state index contributed by atoms with van der Waals surface area (Å²) < 4.78 is 34.3. The van der Waals surface area contributed by atoms with Crippen LogP contribution < -0.4 is 0 Å². The topological polar surface area (TPSA) is 251 Å². The van der Waals surface area contributed by atoms with E-state index >= 15 is 0 Å². The zero-order valence-electron chi connectivity index (χ0n) is 24.2. The molecule has 250 valence electrons. The summed E-state index contributed by atoms with van der Waals surface area (Å²) in [5.74, 6) is -2.23. The highest BCUT2D eigenvalue weighted by Crippen LogP contribution is 2.73. The Labute approximate surface area is 256 Å². The average molecular weight is 643 g/mol. The molecule has 1 aromatic carbocycles. The first kappa shape index (κ1) is 32.6. The number of ether oxygens (including phenoxy) is 6. The molecule has 0 radical (unpaired) electrons. The van der Waals surface area contributed by atoms with E-state index in [0.717, 1.165) is 0 Å². The summed E-state index contributed by atoms with van der Waals surface area (Å²) in [6.45, 7) is -0.263. The number of hydrogen-bond acceptors (Lipinski definition) is 16. The lowest BCUT2D eigenvalue weighted by Gasteiger charge is -2.66. The van der Waals surface area contributed by atoms with E-state index in [4.69, 9.17) is 28.4 Å². The molecule has 0 amide bonds. The van der Waals surface area contributed by atoms with Crippen LogP contribution in [-0.2, 0) is 33.2 Å². The van der Waals surface area contributed by atoms with Gasteiger partial charge in [0, 0.05) is 12.3 Å². The molecule has 16 nitrogen and oxygen atoms in total. The average Bonchev–Trinajstić information content (AvgIpc) is 3.08. The normalized spacial score (nSPS) is 48.8. The lowest BCUT2D eigenvalue weighted by atomic mass is 9.40. The van der Waals surface area contributed by atoms with Gasteiger partial charge in [0.05, 0.1) is 24.9 Å². The fourth-order valence-electron chi connectivity index (χ4n) is 7.57. The number of rotatable bonds is 9. The number of carbonyl (C=O) groups is 2. The molecule has 8 N–H and O–H groups in total. The van der Waals surface area contributed by atoms with Crippen molar-refractivity contribution in [3.63, 3.8) is 0 Å². The summed E-state index contributed by atoms with van der Waals surface area (Å²) >= 11 is 0. The van der Waals surface area contributed by atoms with Crippen LogP contribution in [0.3, 0.4) is 0 Å². The largest absolute Gasteiger partial charge is 0.461 e. The standard InChI is InChI=1S/C29H38O16/c1-27-8-14(31)13-7-29(27,28(13,26(39)45-27)11-41-23(38)12-5-3-2-4-6-12)44-25-22(37)20(35)18(33)16(43-25)10-40-24-21(36)19(34)17(32)15(9-30)42-24/h2-6,13-22,24-25,30-37H,7-11H2,1H3/t13-,14+,15+,16+,17+,18+,19-,20-,21+,22+,24+,25-,27-,28-,29-/m0/s1. The lowest BCUT2D eigenvalue weighted by molar-refractivity contribution is -0.397. The van der Waals surface area contributed by atoms with Crippen molar-refractivity contribution in [3.8, 4) is 0 Å². The van der Waals surface area contributed by atoms with Crippen molar-refractivity contribution in [2.45, 2.75) is 98.5 Å². The van der Waals surface area contributed by atoms with Gasteiger partial charge in [0.2, 0.25) is 0 Å². The van der Waals surface area contributed by atoms with Crippen LogP contribution in [-0.4, -0.2) is 151 Å². The van der Waals surface area contributed by atoms with Crippen LogP contribution in [0, 0.1) is 11.3 Å². The number of carbonyl (C=O) groups excluding carboxylic acids is 2. The smallest absolute Gasteiger partial charge is 0.338 e. The van der Waals surface area contributed by atoms with Crippen molar-refractivity contribution in [2.24, 2.45) is 11.3 Å². The van der Waals surface area contributed by atoms with E-state index < -0.39 is 122 Å². The first-order chi connectivity index (χ1) is 21.3. The van der Waals surface area contributed by atoms with Crippen molar-refractivity contribution in [3.05, 3.63) is 35.9 Å². The van der Waals surface area contributed by atoms with Crippen LogP contribution in [0.1, 0.15) is 30.1 Å². The fourth-order valence-corrected chi connectivity index (χ4v) is 7.57. The van der Waals surface area contributed by atoms with Gasteiger partial charge >= 0.3 is 11.9 Å². The molecule has 4 bridgehead atoms. The zero-order chi connectivity index (χ0) is 32.5. The Balaban J connectivity index is 1.21. The first-order valence-electron chi connectivity index (χ1n) is 14.7. The van der Waals surface area contributed by atoms with Gasteiger partial charge in [-0.2, -0.15) is 0 Å². The third-order valence-electron chi connectivity index (χ3n) is 10.2. The van der Waals surface area contributed by atoms with Gasteiger partial charge < -0.3 is 69.3 Å². The minimum absolute atomic E-state index is 0.0323. The second-order valence-corrected chi connectivity index (χ2v) is 12.6. The molecule has 6 aliphatic rings. The summed E-state index contributed by atoms with van der Waals surface area (Å²) in [4.78, 5) is 26.4. The predicted molar refractivity (Wildman–Crippen MR) is 143 cm³/mol. The first-order valence-corrected chi connectivity index (χ1v) is 14.7. The Morgan fingerprint density at radius 1 is 0.867 bits per heavy atom. The fraction of sp³-hybridized carbons (Fsp3) is 0.724. The third kappa shape index (κ3) is 4.82. The second kappa shape index (κ2) is 11.7. The molecule has 3 saturated carbocycles. The summed E-state index contributed by atoms with van der Waals surface area (Å²) in [6, 6.07) is 8.06. The van der Waals surface area contributed by atoms with Crippen LogP contribution in [0.25, 0.3) is 0 Å². The van der Waals surface area contributed by atoms with E-state index in [1.54, 1.807) is 25.1 Å². The molecule has 6 fully saturated rings. The van der Waals surface area contributed by atoms with Crippen molar-refractivity contribution in [1.29, 1.82) is 0 Å². The van der Waals surface area contributed by atoms with E-state index in [-0.39, 0.29) is 18.4 Å². The second-order valence-electron chi connectivity index (χ2n) is 12.6. The maximum Gasteiger partial charge on any atom is 0.338 e. The Morgan fingerprint density at radius 3 is 2.16 bits per heavy atom. The molecule has 3 aliphatic carbocycles. The minimum Gasteiger partial charge on any atom is -0.461 e. The summed E-state index contributed by atoms with van der Waals surface area (Å²) in [7, 11) is 0. The maximum atomic E-state index is 13.5. The van der Waals surface area contributed by atoms with Gasteiger partial charge in [-0.15, -0.1) is 0 Å².